The Morgan fingerprint density at radius 3 is 2.15 bits per heavy atom. The van der Waals surface area contributed by atoms with Crippen LogP contribution in [0.15, 0.2) is 54.6 Å². The lowest BCUT2D eigenvalue weighted by Crippen LogP contribution is -2.53. The molecule has 1 fully saturated rings. The zero-order chi connectivity index (χ0) is 35.6. The second kappa shape index (κ2) is 15.9. The highest BCUT2D eigenvalue weighted by Crippen LogP contribution is 2.35. The van der Waals surface area contributed by atoms with Crippen molar-refractivity contribution in [2.45, 2.75) is 43.3 Å². The maximum atomic E-state index is 13.3. The molecule has 1 aliphatic rings. The highest BCUT2D eigenvalue weighted by molar-refractivity contribution is 5.96. The van der Waals surface area contributed by atoms with Gasteiger partial charge < -0.3 is 40.9 Å². The highest BCUT2D eigenvalue weighted by atomic mass is 19.4. The van der Waals surface area contributed by atoms with Crippen LogP contribution in [-0.2, 0) is 60.0 Å². The maximum Gasteiger partial charge on any atom is 0.493 e. The normalized spacial score (nSPS) is 15.0. The summed E-state index contributed by atoms with van der Waals surface area (Å²) in [5, 5.41) is 18.2. The number of alkyl halides is 3. The molecule has 7 N–H and O–H groups in total. The monoisotopic (exact) mass is 681 g/mol. The standard InChI is InChI=1S/C29H30F3N5O11/c30-29(31,32)27(44)48-37(20(12-16-4-2-1-3-5-16)26(43)47-25(42)19(33)13-23(40)41)22(39)15-36-21(38)14-28(45-10-11-46-28)18-8-6-17(7-9-18)24(34)35/h1-9,19-20H,10-15,33H2,(H3,34,35)(H,36,38)(H,40,41)/t19-,20-/m0/s1. The molecule has 1 heterocycles. The van der Waals surface area contributed by atoms with Crippen LogP contribution < -0.4 is 16.8 Å². The van der Waals surface area contributed by atoms with Crippen LogP contribution in [-0.4, -0.2) is 89.7 Å². The number of nitrogens with one attached hydrogen (secondary N) is 2. The number of nitrogens with zero attached hydrogens (tertiary/aromatic N) is 1. The predicted octanol–water partition coefficient (Wildman–Crippen LogP) is 0.00877. The van der Waals surface area contributed by atoms with Gasteiger partial charge in [-0.05, 0) is 5.56 Å². The summed E-state index contributed by atoms with van der Waals surface area (Å²) < 4.78 is 55.6. The number of ether oxygens (including phenoxy) is 3. The van der Waals surface area contributed by atoms with Crippen molar-refractivity contribution in [2.75, 3.05) is 19.8 Å². The number of carboxylic acid groups (broad SMARTS) is 1. The van der Waals surface area contributed by atoms with Crippen LogP contribution >= 0.6 is 0 Å². The molecule has 2 amide bonds. The summed E-state index contributed by atoms with van der Waals surface area (Å²) in [6.45, 7) is -1.01. The van der Waals surface area contributed by atoms with Gasteiger partial charge in [-0.2, -0.15) is 18.2 Å². The molecule has 16 nitrogen and oxygen atoms in total. The first kappa shape index (κ1) is 37.1. The third-order valence-corrected chi connectivity index (χ3v) is 6.60. The molecule has 0 bridgehead atoms. The third-order valence-electron chi connectivity index (χ3n) is 6.60. The van der Waals surface area contributed by atoms with Crippen molar-refractivity contribution >= 4 is 41.5 Å². The van der Waals surface area contributed by atoms with E-state index in [2.05, 4.69) is 14.9 Å². The van der Waals surface area contributed by atoms with Crippen molar-refractivity contribution in [3.8, 4) is 0 Å². The van der Waals surface area contributed by atoms with Gasteiger partial charge in [0.1, 0.15) is 11.9 Å². The van der Waals surface area contributed by atoms with Gasteiger partial charge in [0.2, 0.25) is 11.7 Å². The molecule has 2 atom stereocenters. The lowest BCUT2D eigenvalue weighted by molar-refractivity contribution is -0.244. The second-order valence-corrected chi connectivity index (χ2v) is 10.1. The number of hydrogen-bond acceptors (Lipinski definition) is 12. The first-order valence-corrected chi connectivity index (χ1v) is 13.9. The minimum atomic E-state index is -5.66. The maximum absolute atomic E-state index is 13.3. The molecule has 19 heteroatoms. The molecule has 258 valence electrons. The summed E-state index contributed by atoms with van der Waals surface area (Å²) in [7, 11) is 0. The number of amidine groups is 1. The number of nitrogen functional groups attached to an aromatic ring is 1. The Kier molecular flexibility index (Phi) is 12.3. The van der Waals surface area contributed by atoms with E-state index in [1.165, 1.54) is 48.5 Å². The molecule has 0 spiro atoms. The summed E-state index contributed by atoms with van der Waals surface area (Å²) in [6.07, 6.45) is -7.90. The van der Waals surface area contributed by atoms with Gasteiger partial charge in [0, 0.05) is 17.5 Å². The van der Waals surface area contributed by atoms with Crippen LogP contribution in [0.2, 0.25) is 0 Å². The van der Waals surface area contributed by atoms with Crippen molar-refractivity contribution in [3.63, 3.8) is 0 Å². The molecule has 2 aromatic rings. The predicted molar refractivity (Wildman–Crippen MR) is 153 cm³/mol. The molecule has 0 radical (unpaired) electrons. The molecule has 0 unspecified atom stereocenters. The number of hydroxylamine groups is 2. The van der Waals surface area contributed by atoms with Gasteiger partial charge in [0.15, 0.2) is 6.04 Å². The molecule has 1 aliphatic heterocycles. The van der Waals surface area contributed by atoms with E-state index in [0.29, 0.717) is 11.1 Å². The summed E-state index contributed by atoms with van der Waals surface area (Å²) >= 11 is 0. The lowest BCUT2D eigenvalue weighted by Gasteiger charge is -2.29. The van der Waals surface area contributed by atoms with Crippen molar-refractivity contribution < 1.29 is 66.1 Å². The number of amides is 2. The summed E-state index contributed by atoms with van der Waals surface area (Å²) in [4.78, 5) is 78.7. The smallest absolute Gasteiger partial charge is 0.481 e. The Balaban J connectivity index is 1.86. The molecule has 2 aromatic carbocycles. The van der Waals surface area contributed by atoms with Crippen LogP contribution in [0.4, 0.5) is 13.2 Å². The van der Waals surface area contributed by atoms with Crippen molar-refractivity contribution in [1.29, 1.82) is 5.41 Å². The fourth-order valence-corrected chi connectivity index (χ4v) is 4.30. The van der Waals surface area contributed by atoms with Crippen LogP contribution in [0.1, 0.15) is 29.5 Å². The Morgan fingerprint density at radius 2 is 1.60 bits per heavy atom. The van der Waals surface area contributed by atoms with E-state index in [9.17, 15) is 41.9 Å². The molecule has 0 saturated carbocycles. The number of rotatable bonds is 13. The number of hydrogen-bond donors (Lipinski definition) is 5. The van der Waals surface area contributed by atoms with Gasteiger partial charge in [-0.15, -0.1) is 0 Å². The SMILES string of the molecule is N=C(N)c1ccc(C2(CC(=O)NCC(=O)N(OC(=O)C(F)(F)F)[C@@H](Cc3ccccc3)C(=O)OC(=O)[C@@H](N)CC(=O)O)OCCO2)cc1. The van der Waals surface area contributed by atoms with E-state index >= 15 is 0 Å². The molecule has 48 heavy (non-hydrogen) atoms. The summed E-state index contributed by atoms with van der Waals surface area (Å²) in [5.74, 6) is -12.2. The van der Waals surface area contributed by atoms with Crippen molar-refractivity contribution in [2.24, 2.45) is 11.5 Å². The van der Waals surface area contributed by atoms with E-state index < -0.39 is 85.5 Å². The molecule has 3 rings (SSSR count). The fraction of sp³-hybridized carbons (Fsp3) is 0.345. The third kappa shape index (κ3) is 10.0. The minimum absolute atomic E-state index is 0.0694. The number of benzene rings is 2. The van der Waals surface area contributed by atoms with Gasteiger partial charge >= 0.3 is 30.1 Å². The number of halogens is 3. The molecular formula is C29H30F3N5O11. The fourth-order valence-electron chi connectivity index (χ4n) is 4.30. The lowest BCUT2D eigenvalue weighted by atomic mass is 10.00. The Hall–Kier alpha value is -5.40. The average Bonchev–Trinajstić information content (AvgIpc) is 3.50. The van der Waals surface area contributed by atoms with E-state index in [4.69, 9.17) is 31.5 Å². The van der Waals surface area contributed by atoms with E-state index in [0.717, 1.165) is 0 Å². The Labute approximate surface area is 269 Å². The summed E-state index contributed by atoms with van der Waals surface area (Å²) in [5.41, 5.74) is 11.8. The van der Waals surface area contributed by atoms with Crippen LogP contribution in [0.25, 0.3) is 0 Å². The first-order chi connectivity index (χ1) is 22.5. The minimum Gasteiger partial charge on any atom is -0.481 e. The summed E-state index contributed by atoms with van der Waals surface area (Å²) in [6, 6.07) is 9.06. The van der Waals surface area contributed by atoms with E-state index in [-0.39, 0.29) is 29.7 Å². The van der Waals surface area contributed by atoms with Gasteiger partial charge in [-0.3, -0.25) is 19.8 Å². The van der Waals surface area contributed by atoms with Gasteiger partial charge in [-0.25, -0.2) is 14.4 Å². The van der Waals surface area contributed by atoms with Crippen molar-refractivity contribution in [1.82, 2.24) is 10.4 Å². The second-order valence-electron chi connectivity index (χ2n) is 10.1. The van der Waals surface area contributed by atoms with Crippen LogP contribution in [0.5, 0.6) is 0 Å². The van der Waals surface area contributed by atoms with Crippen LogP contribution in [0, 0.1) is 5.41 Å². The number of carbonyl (C=O) groups excluding carboxylic acids is 5. The van der Waals surface area contributed by atoms with Gasteiger partial charge in [0.25, 0.3) is 5.91 Å². The Bertz CT molecular complexity index is 1530. The molecule has 1 saturated heterocycles. The van der Waals surface area contributed by atoms with Crippen LogP contribution in [0.3, 0.4) is 0 Å². The highest BCUT2D eigenvalue weighted by Gasteiger charge is 2.46. The first-order valence-electron chi connectivity index (χ1n) is 13.9. The largest absolute Gasteiger partial charge is 0.493 e. The molecule has 0 aliphatic carbocycles. The van der Waals surface area contributed by atoms with Gasteiger partial charge in [-0.1, -0.05) is 54.6 Å². The zero-order valence-electron chi connectivity index (χ0n) is 24.9. The Morgan fingerprint density at radius 1 is 1.00 bits per heavy atom. The number of carbonyl (C=O) groups is 6. The number of esters is 2. The molecule has 0 aromatic heterocycles. The topological polar surface area (TPSA) is 251 Å². The van der Waals surface area contributed by atoms with E-state index in [1.54, 1.807) is 6.07 Å². The van der Waals surface area contributed by atoms with E-state index in [1.807, 2.05) is 0 Å². The zero-order valence-corrected chi connectivity index (χ0v) is 24.9. The quantitative estimate of drug-likeness (QED) is 0.0615. The van der Waals surface area contributed by atoms with Gasteiger partial charge in [0.05, 0.1) is 32.6 Å². The number of nitrogens with two attached hydrogens (primary N) is 2. The number of carboxylic acids is 1. The van der Waals surface area contributed by atoms with Crippen molar-refractivity contribution in [3.05, 3.63) is 71.3 Å². The molecular weight excluding hydrogens is 651 g/mol. The average molecular weight is 682 g/mol. The number of aliphatic carboxylic acids is 1.